The van der Waals surface area contributed by atoms with Crippen LogP contribution in [0.1, 0.15) is 5.56 Å². The van der Waals surface area contributed by atoms with Crippen LogP contribution < -0.4 is 9.48 Å². The highest BCUT2D eigenvalue weighted by Gasteiger charge is 2.48. The molecule has 0 saturated heterocycles. The Hall–Kier alpha value is -6.91. The Balaban J connectivity index is 1.11. The van der Waals surface area contributed by atoms with E-state index in [9.17, 15) is 0 Å². The van der Waals surface area contributed by atoms with Crippen molar-refractivity contribution in [3.05, 3.63) is 188 Å². The van der Waals surface area contributed by atoms with Gasteiger partial charge in [-0.2, -0.15) is 4.58 Å². The number of aromatic nitrogens is 2. The van der Waals surface area contributed by atoms with E-state index in [1.807, 2.05) is 0 Å². The van der Waals surface area contributed by atoms with Gasteiger partial charge in [0, 0.05) is 62.8 Å². The Morgan fingerprint density at radius 3 is 1.79 bits per heavy atom. The molecule has 0 bridgehead atoms. The van der Waals surface area contributed by atoms with Crippen LogP contribution in [0.5, 0.6) is 0 Å². The van der Waals surface area contributed by atoms with Crippen LogP contribution in [0.25, 0.3) is 60.6 Å². The first-order chi connectivity index (χ1) is 25.8. The van der Waals surface area contributed by atoms with Crippen molar-refractivity contribution in [1.82, 2.24) is 13.7 Å². The summed E-state index contributed by atoms with van der Waals surface area (Å²) < 4.78 is 7.31. The second kappa shape index (κ2) is 10.3. The van der Waals surface area contributed by atoms with E-state index in [2.05, 4.69) is 201 Å². The number of rotatable bonds is 3. The van der Waals surface area contributed by atoms with E-state index >= 15 is 0 Å². The summed E-state index contributed by atoms with van der Waals surface area (Å²) in [6.07, 6.45) is 6.89. The Kier molecular flexibility index (Phi) is 5.53. The maximum Gasteiger partial charge on any atom is 0.235 e. The van der Waals surface area contributed by atoms with Crippen molar-refractivity contribution >= 4 is 77.6 Å². The SMILES string of the molecule is C1=CC2=[N+](c3ccc4c(c3)c3ccccc3n4-c3ccccc3)c3ccccc3N3c4cc5c(cc4C(=C1)C23)c1ccccc1n5-c1ccccc1. The summed E-state index contributed by atoms with van der Waals surface area (Å²) in [5, 5.41) is 5.06. The van der Waals surface area contributed by atoms with Crippen molar-refractivity contribution in [3.63, 3.8) is 0 Å². The molecule has 0 saturated carbocycles. The second-order valence-electron chi connectivity index (χ2n) is 14.0. The molecule has 0 spiro atoms. The predicted octanol–water partition coefficient (Wildman–Crippen LogP) is 11.6. The molecule has 0 amide bonds. The summed E-state index contributed by atoms with van der Waals surface area (Å²) in [6.45, 7) is 0. The van der Waals surface area contributed by atoms with Crippen LogP contribution in [0.2, 0.25) is 0 Å². The summed E-state index contributed by atoms with van der Waals surface area (Å²) in [6, 6.07) is 59.9. The number of hydrogen-bond donors (Lipinski definition) is 0. The standard InChI is InChI=1S/C48H31N4/c1-3-14-31(15-4-1)49-40-21-9-7-18-34(40)37-28-33(26-27-42(37)49)51-43-23-11-12-24-44(43)52-47-30-46-38(29-39(47)36-20-13-25-45(51)48(36)52)35-19-8-10-22-41(35)50(46)32-16-5-2-6-17-32/h1-30,48H/q+1. The summed E-state index contributed by atoms with van der Waals surface area (Å²) in [7, 11) is 0. The highest BCUT2D eigenvalue weighted by atomic mass is 15.3. The van der Waals surface area contributed by atoms with Gasteiger partial charge in [-0.1, -0.05) is 97.1 Å². The summed E-state index contributed by atoms with van der Waals surface area (Å²) in [4.78, 5) is 2.58. The van der Waals surface area contributed by atoms with Gasteiger partial charge in [0.1, 0.15) is 11.7 Å². The second-order valence-corrected chi connectivity index (χ2v) is 14.0. The molecule has 0 fully saturated rings. The first-order valence-electron chi connectivity index (χ1n) is 18.0. The lowest BCUT2D eigenvalue weighted by molar-refractivity contribution is 0.932. The van der Waals surface area contributed by atoms with Crippen LogP contribution in [0.15, 0.2) is 182 Å². The van der Waals surface area contributed by atoms with Crippen LogP contribution in [-0.2, 0) is 0 Å². The Morgan fingerprint density at radius 2 is 1.06 bits per heavy atom. The molecule has 52 heavy (non-hydrogen) atoms. The predicted molar refractivity (Wildman–Crippen MR) is 218 cm³/mol. The van der Waals surface area contributed by atoms with Crippen molar-refractivity contribution in [1.29, 1.82) is 0 Å². The molecule has 4 heterocycles. The number of anilines is 2. The highest BCUT2D eigenvalue weighted by molar-refractivity contribution is 6.23. The lowest BCUT2D eigenvalue weighted by Gasteiger charge is -2.32. The quantitative estimate of drug-likeness (QED) is 0.172. The topological polar surface area (TPSA) is 16.1 Å². The van der Waals surface area contributed by atoms with Gasteiger partial charge in [0.25, 0.3) is 0 Å². The van der Waals surface area contributed by atoms with E-state index in [1.165, 1.54) is 94.6 Å². The molecule has 7 aromatic carbocycles. The van der Waals surface area contributed by atoms with Crippen molar-refractivity contribution in [2.75, 3.05) is 4.90 Å². The molecule has 12 rings (SSSR count). The van der Waals surface area contributed by atoms with E-state index in [4.69, 9.17) is 0 Å². The third kappa shape index (κ3) is 3.63. The average molecular weight is 664 g/mol. The van der Waals surface area contributed by atoms with E-state index in [0.717, 1.165) is 0 Å². The monoisotopic (exact) mass is 663 g/mol. The van der Waals surface area contributed by atoms with Gasteiger partial charge in [-0.05, 0) is 66.2 Å². The molecule has 4 heteroatoms. The molecule has 0 N–H and O–H groups in total. The maximum atomic E-state index is 2.58. The Morgan fingerprint density at radius 1 is 0.462 bits per heavy atom. The first-order valence-corrected chi connectivity index (χ1v) is 18.0. The van der Waals surface area contributed by atoms with Gasteiger partial charge in [0.2, 0.25) is 17.1 Å². The van der Waals surface area contributed by atoms with Gasteiger partial charge in [0.15, 0.2) is 0 Å². The Labute approximate surface area is 300 Å². The smallest absolute Gasteiger partial charge is 0.235 e. The largest absolute Gasteiger partial charge is 0.318 e. The molecule has 2 aromatic heterocycles. The van der Waals surface area contributed by atoms with E-state index < -0.39 is 0 Å². The molecule has 4 nitrogen and oxygen atoms in total. The minimum Gasteiger partial charge on any atom is -0.318 e. The molecule has 1 aliphatic carbocycles. The van der Waals surface area contributed by atoms with Crippen molar-refractivity contribution in [2.24, 2.45) is 0 Å². The minimum absolute atomic E-state index is 0.0548. The highest BCUT2D eigenvalue weighted by Crippen LogP contribution is 2.54. The van der Waals surface area contributed by atoms with Gasteiger partial charge in [0.05, 0.1) is 27.8 Å². The normalized spacial score (nSPS) is 15.8. The van der Waals surface area contributed by atoms with Crippen molar-refractivity contribution in [2.45, 2.75) is 6.04 Å². The lowest BCUT2D eigenvalue weighted by Crippen LogP contribution is -2.43. The average Bonchev–Trinajstić information content (AvgIpc) is 3.84. The minimum atomic E-state index is 0.0548. The number of benzene rings is 7. The number of fused-ring (bicyclic) bond motifs is 11. The fraction of sp³-hybridized carbons (Fsp3) is 0.0208. The van der Waals surface area contributed by atoms with Crippen LogP contribution >= 0.6 is 0 Å². The van der Waals surface area contributed by atoms with Crippen LogP contribution in [0.4, 0.5) is 22.7 Å². The first kappa shape index (κ1) is 27.9. The van der Waals surface area contributed by atoms with Gasteiger partial charge < -0.3 is 14.0 Å². The maximum absolute atomic E-state index is 2.58. The molecule has 2 aliphatic heterocycles. The summed E-state index contributed by atoms with van der Waals surface area (Å²) >= 11 is 0. The fourth-order valence-electron chi connectivity index (χ4n) is 9.23. The van der Waals surface area contributed by atoms with Gasteiger partial charge in [-0.15, -0.1) is 0 Å². The molecular weight excluding hydrogens is 633 g/mol. The van der Waals surface area contributed by atoms with Gasteiger partial charge >= 0.3 is 0 Å². The number of para-hydroxylation sites is 6. The van der Waals surface area contributed by atoms with Gasteiger partial charge in [-0.3, -0.25) is 0 Å². The zero-order valence-corrected chi connectivity index (χ0v) is 28.2. The van der Waals surface area contributed by atoms with E-state index in [-0.39, 0.29) is 6.04 Å². The van der Waals surface area contributed by atoms with E-state index in [1.54, 1.807) is 0 Å². The van der Waals surface area contributed by atoms with E-state index in [0.29, 0.717) is 0 Å². The summed E-state index contributed by atoms with van der Waals surface area (Å²) in [5.74, 6) is 0. The molecule has 9 aromatic rings. The third-order valence-corrected chi connectivity index (χ3v) is 11.3. The number of allylic oxidation sites excluding steroid dienone is 2. The molecule has 1 atom stereocenters. The zero-order valence-electron chi connectivity index (χ0n) is 28.2. The number of nitrogens with zero attached hydrogens (tertiary/aromatic N) is 4. The molecule has 0 radical (unpaired) electrons. The summed E-state index contributed by atoms with van der Waals surface area (Å²) in [5.41, 5.74) is 15.9. The third-order valence-electron chi connectivity index (χ3n) is 11.3. The van der Waals surface area contributed by atoms with Crippen molar-refractivity contribution < 1.29 is 0 Å². The van der Waals surface area contributed by atoms with Crippen LogP contribution in [-0.4, -0.2) is 20.9 Å². The fourth-order valence-corrected chi connectivity index (χ4v) is 9.23. The van der Waals surface area contributed by atoms with Crippen LogP contribution in [0.3, 0.4) is 0 Å². The Bertz CT molecular complexity index is 3070. The molecule has 242 valence electrons. The molecule has 1 unspecified atom stereocenters. The van der Waals surface area contributed by atoms with Gasteiger partial charge in [-0.25, -0.2) is 0 Å². The lowest BCUT2D eigenvalue weighted by atomic mass is 9.91. The van der Waals surface area contributed by atoms with Crippen LogP contribution in [0, 0.1) is 0 Å². The van der Waals surface area contributed by atoms with Crippen molar-refractivity contribution in [3.8, 4) is 11.4 Å². The number of hydrogen-bond acceptors (Lipinski definition) is 1. The molecular formula is C48H31N4+. The molecule has 3 aliphatic rings. The zero-order chi connectivity index (χ0) is 33.9.